The molecule has 220 valence electrons. The highest BCUT2D eigenvalue weighted by atomic mass is 35.5. The molecule has 41 heavy (non-hydrogen) atoms. The molecule has 8 nitrogen and oxygen atoms in total. The standard InChI is InChI=1S/C31H38ClN3O5S/c1-6-28(30(37)33-31(3,4)5)34(21-23-13-11-12-16-27(23)32)29(36)22-35(24-14-9-8-10-15-24)41(38,39)26-19-17-25(18-20-26)40-7-2/h8-20,28H,6-7,21-22H2,1-5H3,(H,33,37). The minimum Gasteiger partial charge on any atom is -0.494 e. The van der Waals surface area contributed by atoms with Crippen molar-refractivity contribution in [1.29, 1.82) is 0 Å². The van der Waals surface area contributed by atoms with Crippen LogP contribution < -0.4 is 14.4 Å². The van der Waals surface area contributed by atoms with Gasteiger partial charge < -0.3 is 15.0 Å². The average Bonchev–Trinajstić information content (AvgIpc) is 2.92. The van der Waals surface area contributed by atoms with E-state index in [4.69, 9.17) is 16.3 Å². The van der Waals surface area contributed by atoms with E-state index in [0.717, 1.165) is 4.31 Å². The Kier molecular flexibility index (Phi) is 10.8. The Balaban J connectivity index is 2.05. The summed E-state index contributed by atoms with van der Waals surface area (Å²) < 4.78 is 34.4. The number of anilines is 1. The van der Waals surface area contributed by atoms with Crippen molar-refractivity contribution in [2.24, 2.45) is 0 Å². The van der Waals surface area contributed by atoms with Crippen molar-refractivity contribution in [2.75, 3.05) is 17.5 Å². The van der Waals surface area contributed by atoms with Crippen molar-refractivity contribution in [1.82, 2.24) is 10.2 Å². The van der Waals surface area contributed by atoms with Gasteiger partial charge in [-0.05, 0) is 82.1 Å². The third-order valence-corrected chi connectivity index (χ3v) is 8.39. The van der Waals surface area contributed by atoms with Gasteiger partial charge in [0.1, 0.15) is 18.3 Å². The average molecular weight is 600 g/mol. The second-order valence-electron chi connectivity index (χ2n) is 10.5. The van der Waals surface area contributed by atoms with Gasteiger partial charge in [0.2, 0.25) is 11.8 Å². The van der Waals surface area contributed by atoms with E-state index in [9.17, 15) is 18.0 Å². The monoisotopic (exact) mass is 599 g/mol. The highest BCUT2D eigenvalue weighted by Crippen LogP contribution is 2.27. The lowest BCUT2D eigenvalue weighted by atomic mass is 10.1. The first-order valence-corrected chi connectivity index (χ1v) is 15.3. The predicted octanol–water partition coefficient (Wildman–Crippen LogP) is 5.66. The fraction of sp³-hybridized carbons (Fsp3) is 0.355. The Bertz CT molecular complexity index is 1420. The van der Waals surface area contributed by atoms with Crippen LogP contribution in [0.4, 0.5) is 5.69 Å². The van der Waals surface area contributed by atoms with Gasteiger partial charge in [0.25, 0.3) is 10.0 Å². The van der Waals surface area contributed by atoms with Crippen LogP contribution in [0.15, 0.2) is 83.8 Å². The summed E-state index contributed by atoms with van der Waals surface area (Å²) in [4.78, 5) is 28.9. The van der Waals surface area contributed by atoms with E-state index in [0.29, 0.717) is 35.1 Å². The molecule has 0 saturated heterocycles. The van der Waals surface area contributed by atoms with Crippen LogP contribution in [0.3, 0.4) is 0 Å². The smallest absolute Gasteiger partial charge is 0.264 e. The molecule has 0 fully saturated rings. The first-order chi connectivity index (χ1) is 19.4. The van der Waals surface area contributed by atoms with Crippen LogP contribution in [0.5, 0.6) is 5.75 Å². The molecular formula is C31H38ClN3O5S. The van der Waals surface area contributed by atoms with Gasteiger partial charge in [0.05, 0.1) is 17.2 Å². The Morgan fingerprint density at radius 3 is 2.10 bits per heavy atom. The maximum atomic E-state index is 14.1. The van der Waals surface area contributed by atoms with E-state index in [1.54, 1.807) is 66.7 Å². The summed E-state index contributed by atoms with van der Waals surface area (Å²) in [5.41, 5.74) is 0.432. The number of amides is 2. The zero-order valence-electron chi connectivity index (χ0n) is 24.1. The lowest BCUT2D eigenvalue weighted by Crippen LogP contribution is -2.55. The van der Waals surface area contributed by atoms with Gasteiger partial charge in [0.15, 0.2) is 0 Å². The summed E-state index contributed by atoms with van der Waals surface area (Å²) in [6, 6.07) is 20.7. The molecule has 0 saturated carbocycles. The molecule has 1 atom stereocenters. The number of para-hydroxylation sites is 1. The lowest BCUT2D eigenvalue weighted by Gasteiger charge is -2.35. The SMILES string of the molecule is CCOc1ccc(S(=O)(=O)N(CC(=O)N(Cc2ccccc2Cl)C(CC)C(=O)NC(C)(C)C)c2ccccc2)cc1. The molecule has 0 radical (unpaired) electrons. The van der Waals surface area contributed by atoms with Gasteiger partial charge in [-0.1, -0.05) is 54.9 Å². The molecule has 0 aliphatic rings. The number of sulfonamides is 1. The Hall–Kier alpha value is -3.56. The van der Waals surface area contributed by atoms with Crippen molar-refractivity contribution in [3.63, 3.8) is 0 Å². The van der Waals surface area contributed by atoms with Gasteiger partial charge in [-0.15, -0.1) is 0 Å². The van der Waals surface area contributed by atoms with E-state index in [-0.39, 0.29) is 17.3 Å². The Morgan fingerprint density at radius 1 is 0.927 bits per heavy atom. The van der Waals surface area contributed by atoms with E-state index in [2.05, 4.69) is 5.32 Å². The number of carbonyl (C=O) groups is 2. The molecule has 0 spiro atoms. The fourth-order valence-electron chi connectivity index (χ4n) is 4.31. The topological polar surface area (TPSA) is 96.0 Å². The van der Waals surface area contributed by atoms with Crippen LogP contribution in [0.1, 0.15) is 46.6 Å². The van der Waals surface area contributed by atoms with Gasteiger partial charge in [-0.3, -0.25) is 13.9 Å². The second kappa shape index (κ2) is 13.9. The normalized spacial score (nSPS) is 12.3. The van der Waals surface area contributed by atoms with E-state index in [1.807, 2.05) is 34.6 Å². The Labute approximate surface area is 248 Å². The summed E-state index contributed by atoms with van der Waals surface area (Å²) in [5.74, 6) is -0.337. The molecule has 0 aliphatic carbocycles. The lowest BCUT2D eigenvalue weighted by molar-refractivity contribution is -0.141. The maximum Gasteiger partial charge on any atom is 0.264 e. The van der Waals surface area contributed by atoms with Crippen LogP contribution in [0.2, 0.25) is 5.02 Å². The van der Waals surface area contributed by atoms with Crippen LogP contribution in [-0.4, -0.2) is 49.9 Å². The molecule has 3 aromatic carbocycles. The van der Waals surface area contributed by atoms with Crippen LogP contribution >= 0.6 is 11.6 Å². The third-order valence-electron chi connectivity index (χ3n) is 6.23. The number of halogens is 1. The third kappa shape index (κ3) is 8.47. The van der Waals surface area contributed by atoms with Gasteiger partial charge in [-0.25, -0.2) is 8.42 Å². The molecule has 0 bridgehead atoms. The maximum absolute atomic E-state index is 14.1. The first kappa shape index (κ1) is 32.0. The number of rotatable bonds is 12. The molecule has 3 aromatic rings. The minimum atomic E-state index is -4.17. The number of ether oxygens (including phenoxy) is 1. The predicted molar refractivity (Wildman–Crippen MR) is 163 cm³/mol. The van der Waals surface area contributed by atoms with Crippen LogP contribution in [0, 0.1) is 0 Å². The van der Waals surface area contributed by atoms with Crippen molar-refractivity contribution >= 4 is 39.1 Å². The number of carbonyl (C=O) groups excluding carboxylic acids is 2. The van der Waals surface area contributed by atoms with Gasteiger partial charge in [-0.2, -0.15) is 0 Å². The summed E-state index contributed by atoms with van der Waals surface area (Å²) in [6.45, 7) is 9.18. The summed E-state index contributed by atoms with van der Waals surface area (Å²) in [6.07, 6.45) is 0.315. The molecule has 3 rings (SSSR count). The summed E-state index contributed by atoms with van der Waals surface area (Å²) in [5, 5.41) is 3.40. The van der Waals surface area contributed by atoms with Crippen molar-refractivity contribution in [2.45, 2.75) is 64.1 Å². The van der Waals surface area contributed by atoms with Crippen LogP contribution in [0.25, 0.3) is 0 Å². The molecule has 0 aromatic heterocycles. The number of nitrogens with zero attached hydrogens (tertiary/aromatic N) is 2. The minimum absolute atomic E-state index is 0.00720. The molecule has 1 unspecified atom stereocenters. The Morgan fingerprint density at radius 2 is 1.54 bits per heavy atom. The number of benzene rings is 3. The summed E-state index contributed by atoms with van der Waals surface area (Å²) >= 11 is 6.44. The number of hydrogen-bond donors (Lipinski definition) is 1. The molecular weight excluding hydrogens is 562 g/mol. The van der Waals surface area contributed by atoms with E-state index in [1.165, 1.54) is 17.0 Å². The van der Waals surface area contributed by atoms with E-state index < -0.39 is 34.1 Å². The molecule has 0 aliphatic heterocycles. The number of nitrogens with one attached hydrogen (secondary N) is 1. The van der Waals surface area contributed by atoms with Crippen molar-refractivity contribution < 1.29 is 22.7 Å². The molecule has 1 N–H and O–H groups in total. The first-order valence-electron chi connectivity index (χ1n) is 13.5. The van der Waals surface area contributed by atoms with Gasteiger partial charge >= 0.3 is 0 Å². The van der Waals surface area contributed by atoms with Crippen LogP contribution in [-0.2, 0) is 26.2 Å². The molecule has 0 heterocycles. The van der Waals surface area contributed by atoms with Crippen molar-refractivity contribution in [3.05, 3.63) is 89.4 Å². The highest BCUT2D eigenvalue weighted by Gasteiger charge is 2.34. The zero-order chi connectivity index (χ0) is 30.2. The molecule has 2 amide bonds. The quantitative estimate of drug-likeness (QED) is 0.290. The zero-order valence-corrected chi connectivity index (χ0v) is 25.7. The second-order valence-corrected chi connectivity index (χ2v) is 12.8. The highest BCUT2D eigenvalue weighted by molar-refractivity contribution is 7.92. The number of hydrogen-bond acceptors (Lipinski definition) is 5. The fourth-order valence-corrected chi connectivity index (χ4v) is 5.92. The van der Waals surface area contributed by atoms with Crippen molar-refractivity contribution in [3.8, 4) is 5.75 Å². The largest absolute Gasteiger partial charge is 0.494 e. The van der Waals surface area contributed by atoms with E-state index >= 15 is 0 Å². The van der Waals surface area contributed by atoms with Gasteiger partial charge in [0, 0.05) is 17.1 Å². The summed E-state index contributed by atoms with van der Waals surface area (Å²) in [7, 11) is -4.17. The molecule has 10 heteroatoms.